The second-order valence-corrected chi connectivity index (χ2v) is 7.96. The molecule has 2 aromatic carbocycles. The molecule has 0 spiro atoms. The highest BCUT2D eigenvalue weighted by Crippen LogP contribution is 2.40. The van der Waals surface area contributed by atoms with Gasteiger partial charge in [-0.3, -0.25) is 0 Å². The Morgan fingerprint density at radius 1 is 1.19 bits per heavy atom. The highest BCUT2D eigenvalue weighted by Gasteiger charge is 2.35. The monoisotopic (exact) mass is 458 g/mol. The van der Waals surface area contributed by atoms with Gasteiger partial charge in [0.25, 0.3) is 0 Å². The van der Waals surface area contributed by atoms with Crippen LogP contribution in [0.2, 0.25) is 5.02 Å². The minimum Gasteiger partial charge on any atom is -0.493 e. The second kappa shape index (κ2) is 10.4. The molecule has 1 heterocycles. The smallest absolute Gasteiger partial charge is 0.338 e. The molecule has 0 bridgehead atoms. The molecule has 3 rings (SSSR count). The normalized spacial score (nSPS) is 15.8. The SMILES string of the molecule is CCC1=C(C(=O)OC(C)C)C(c2cccc(OC)c2OCc2cccc(Cl)c2)NC(=O)N1. The summed E-state index contributed by atoms with van der Waals surface area (Å²) in [5, 5.41) is 6.16. The van der Waals surface area contributed by atoms with Crippen LogP contribution in [-0.2, 0) is 16.1 Å². The standard InChI is InChI=1S/C24H27ClN2O5/c1-5-18-20(23(28)32-14(2)3)21(27-24(29)26-18)17-10-7-11-19(30-4)22(17)31-13-15-8-6-9-16(25)12-15/h6-12,14,21H,5,13H2,1-4H3,(H2,26,27,29). The highest BCUT2D eigenvalue weighted by atomic mass is 35.5. The third-order valence-corrected chi connectivity index (χ3v) is 5.12. The van der Waals surface area contributed by atoms with Crippen LogP contribution in [0, 0.1) is 0 Å². The van der Waals surface area contributed by atoms with Crippen molar-refractivity contribution in [1.82, 2.24) is 10.6 Å². The Morgan fingerprint density at radius 3 is 2.59 bits per heavy atom. The van der Waals surface area contributed by atoms with Gasteiger partial charge < -0.3 is 24.8 Å². The molecular weight excluding hydrogens is 432 g/mol. The molecular formula is C24H27ClN2O5. The van der Waals surface area contributed by atoms with Crippen molar-refractivity contribution in [2.24, 2.45) is 0 Å². The number of urea groups is 1. The lowest BCUT2D eigenvalue weighted by Crippen LogP contribution is -2.46. The van der Waals surface area contributed by atoms with Crippen LogP contribution in [-0.4, -0.2) is 25.2 Å². The number of ether oxygens (including phenoxy) is 3. The molecule has 7 nitrogen and oxygen atoms in total. The number of benzene rings is 2. The van der Waals surface area contributed by atoms with Crippen molar-refractivity contribution in [3.05, 3.63) is 69.9 Å². The van der Waals surface area contributed by atoms with Crippen molar-refractivity contribution >= 4 is 23.6 Å². The maximum absolute atomic E-state index is 13.0. The lowest BCUT2D eigenvalue weighted by molar-refractivity contribution is -0.143. The van der Waals surface area contributed by atoms with E-state index in [1.807, 2.05) is 25.1 Å². The number of hydrogen-bond donors (Lipinski definition) is 2. The van der Waals surface area contributed by atoms with Crippen LogP contribution >= 0.6 is 11.6 Å². The zero-order valence-electron chi connectivity index (χ0n) is 18.5. The van der Waals surface area contributed by atoms with Gasteiger partial charge in [0.2, 0.25) is 0 Å². The Labute approximate surface area is 192 Å². The van der Waals surface area contributed by atoms with Crippen molar-refractivity contribution in [2.45, 2.75) is 45.9 Å². The second-order valence-electron chi connectivity index (χ2n) is 7.53. The first-order valence-electron chi connectivity index (χ1n) is 10.4. The fourth-order valence-electron chi connectivity index (χ4n) is 3.51. The van der Waals surface area contributed by atoms with Crippen LogP contribution in [0.1, 0.15) is 44.4 Å². The molecule has 0 fully saturated rings. The number of carbonyl (C=O) groups is 2. The molecule has 32 heavy (non-hydrogen) atoms. The quantitative estimate of drug-likeness (QED) is 0.549. The zero-order valence-corrected chi connectivity index (χ0v) is 19.3. The average Bonchev–Trinajstić information content (AvgIpc) is 2.76. The molecule has 2 aromatic rings. The van der Waals surface area contributed by atoms with Gasteiger partial charge in [-0.15, -0.1) is 0 Å². The summed E-state index contributed by atoms with van der Waals surface area (Å²) < 4.78 is 17.1. The van der Waals surface area contributed by atoms with Gasteiger partial charge in [0.05, 0.1) is 24.8 Å². The molecule has 0 aliphatic carbocycles. The molecule has 0 saturated heterocycles. The Morgan fingerprint density at radius 2 is 1.94 bits per heavy atom. The van der Waals surface area contributed by atoms with Gasteiger partial charge >= 0.3 is 12.0 Å². The molecule has 2 amide bonds. The summed E-state index contributed by atoms with van der Waals surface area (Å²) >= 11 is 6.09. The molecule has 2 N–H and O–H groups in total. The lowest BCUT2D eigenvalue weighted by Gasteiger charge is -2.30. The van der Waals surface area contributed by atoms with Crippen LogP contribution in [0.3, 0.4) is 0 Å². The fraction of sp³-hybridized carbons (Fsp3) is 0.333. The number of hydrogen-bond acceptors (Lipinski definition) is 5. The first-order chi connectivity index (χ1) is 15.3. The number of rotatable bonds is 8. The first kappa shape index (κ1) is 23.5. The van der Waals surface area contributed by atoms with Crippen LogP contribution < -0.4 is 20.1 Å². The lowest BCUT2D eigenvalue weighted by atomic mass is 9.93. The summed E-state index contributed by atoms with van der Waals surface area (Å²) in [6.07, 6.45) is 0.144. The number of esters is 1. The summed E-state index contributed by atoms with van der Waals surface area (Å²) in [5.74, 6) is 0.400. The number of nitrogens with one attached hydrogen (secondary N) is 2. The predicted molar refractivity (Wildman–Crippen MR) is 122 cm³/mol. The van der Waals surface area contributed by atoms with Crippen LogP contribution in [0.5, 0.6) is 11.5 Å². The molecule has 0 radical (unpaired) electrons. The van der Waals surface area contributed by atoms with E-state index in [4.69, 9.17) is 25.8 Å². The average molecular weight is 459 g/mol. The Balaban J connectivity index is 2.05. The minimum absolute atomic E-state index is 0.225. The van der Waals surface area contributed by atoms with Crippen LogP contribution in [0.4, 0.5) is 4.79 Å². The predicted octanol–water partition coefficient (Wildman–Crippen LogP) is 4.90. The van der Waals surface area contributed by atoms with E-state index in [2.05, 4.69) is 10.6 Å². The molecule has 1 aliphatic heterocycles. The molecule has 1 unspecified atom stereocenters. The maximum Gasteiger partial charge on any atom is 0.338 e. The Hall–Kier alpha value is -3.19. The van der Waals surface area contributed by atoms with E-state index < -0.39 is 18.0 Å². The minimum atomic E-state index is -0.769. The van der Waals surface area contributed by atoms with Gasteiger partial charge in [-0.05, 0) is 44.0 Å². The van der Waals surface area contributed by atoms with Crippen LogP contribution in [0.15, 0.2) is 53.7 Å². The van der Waals surface area contributed by atoms with Gasteiger partial charge in [0.15, 0.2) is 11.5 Å². The van der Waals surface area contributed by atoms with Gasteiger partial charge in [0, 0.05) is 16.3 Å². The summed E-state index contributed by atoms with van der Waals surface area (Å²) in [7, 11) is 1.54. The van der Waals surface area contributed by atoms with E-state index in [1.54, 1.807) is 38.1 Å². The van der Waals surface area contributed by atoms with E-state index in [0.717, 1.165) is 5.56 Å². The van der Waals surface area contributed by atoms with E-state index in [0.29, 0.717) is 39.8 Å². The summed E-state index contributed by atoms with van der Waals surface area (Å²) in [4.78, 5) is 25.4. The van der Waals surface area contributed by atoms with E-state index in [9.17, 15) is 9.59 Å². The van der Waals surface area contributed by atoms with E-state index in [-0.39, 0.29) is 12.7 Å². The van der Waals surface area contributed by atoms with E-state index >= 15 is 0 Å². The molecule has 0 saturated carbocycles. The van der Waals surface area contributed by atoms with Gasteiger partial charge in [-0.25, -0.2) is 9.59 Å². The number of methoxy groups -OCH3 is 1. The number of allylic oxidation sites excluding steroid dienone is 1. The summed E-state index contributed by atoms with van der Waals surface area (Å²) in [6, 6.07) is 11.5. The van der Waals surface area contributed by atoms with Gasteiger partial charge in [-0.1, -0.05) is 42.8 Å². The van der Waals surface area contributed by atoms with Crippen molar-refractivity contribution in [3.63, 3.8) is 0 Å². The number of para-hydroxylation sites is 1. The molecule has 1 atom stereocenters. The van der Waals surface area contributed by atoms with Crippen molar-refractivity contribution in [1.29, 1.82) is 0 Å². The van der Waals surface area contributed by atoms with Gasteiger partial charge in [0.1, 0.15) is 6.61 Å². The third kappa shape index (κ3) is 5.34. The molecule has 170 valence electrons. The van der Waals surface area contributed by atoms with Crippen molar-refractivity contribution in [3.8, 4) is 11.5 Å². The number of carbonyl (C=O) groups excluding carboxylic acids is 2. The summed E-state index contributed by atoms with van der Waals surface area (Å²) in [5.41, 5.74) is 2.30. The Kier molecular flexibility index (Phi) is 7.64. The highest BCUT2D eigenvalue weighted by molar-refractivity contribution is 6.30. The third-order valence-electron chi connectivity index (χ3n) is 4.88. The number of amides is 2. The maximum atomic E-state index is 13.0. The topological polar surface area (TPSA) is 85.9 Å². The van der Waals surface area contributed by atoms with E-state index in [1.165, 1.54) is 7.11 Å². The Bertz CT molecular complexity index is 1030. The fourth-order valence-corrected chi connectivity index (χ4v) is 3.72. The van der Waals surface area contributed by atoms with Crippen LogP contribution in [0.25, 0.3) is 0 Å². The zero-order chi connectivity index (χ0) is 23.3. The number of halogens is 1. The largest absolute Gasteiger partial charge is 0.493 e. The summed E-state index contributed by atoms with van der Waals surface area (Å²) in [6.45, 7) is 5.64. The molecule has 8 heteroatoms. The van der Waals surface area contributed by atoms with Crippen molar-refractivity contribution < 1.29 is 23.8 Å². The van der Waals surface area contributed by atoms with Crippen molar-refractivity contribution in [2.75, 3.05) is 7.11 Å². The molecule has 0 aromatic heterocycles. The first-order valence-corrected chi connectivity index (χ1v) is 10.8. The van der Waals surface area contributed by atoms with Gasteiger partial charge in [-0.2, -0.15) is 0 Å². The molecule has 1 aliphatic rings.